The van der Waals surface area contributed by atoms with Crippen molar-refractivity contribution in [3.63, 3.8) is 0 Å². The maximum atomic E-state index is 12.0. The normalized spacial score (nSPS) is 12.1. The van der Waals surface area contributed by atoms with Crippen molar-refractivity contribution in [2.75, 3.05) is 5.32 Å². The van der Waals surface area contributed by atoms with Gasteiger partial charge in [0.1, 0.15) is 5.75 Å². The number of benzene rings is 1. The Hall–Kier alpha value is -1.76. The summed E-state index contributed by atoms with van der Waals surface area (Å²) in [6.45, 7) is 3.59. The standard InChI is InChI=1S/C13H17F3N2O2/c1-3-12(17,4-2)11(19)18-9-5-7-10(8-6-9)20-13(14,15)16/h5-8H,3-4,17H2,1-2H3,(H,18,19). The summed E-state index contributed by atoms with van der Waals surface area (Å²) in [6, 6.07) is 4.90. The Morgan fingerprint density at radius 1 is 1.20 bits per heavy atom. The predicted molar refractivity (Wildman–Crippen MR) is 69.3 cm³/mol. The van der Waals surface area contributed by atoms with Crippen LogP contribution in [0.1, 0.15) is 26.7 Å². The predicted octanol–water partition coefficient (Wildman–Crippen LogP) is 3.04. The smallest absolute Gasteiger partial charge is 0.406 e. The lowest BCUT2D eigenvalue weighted by atomic mass is 9.93. The monoisotopic (exact) mass is 290 g/mol. The van der Waals surface area contributed by atoms with Crippen LogP contribution in [-0.4, -0.2) is 17.8 Å². The van der Waals surface area contributed by atoms with Gasteiger partial charge in [-0.3, -0.25) is 4.79 Å². The Morgan fingerprint density at radius 3 is 2.10 bits per heavy atom. The highest BCUT2D eigenvalue weighted by Crippen LogP contribution is 2.24. The van der Waals surface area contributed by atoms with E-state index < -0.39 is 11.9 Å². The summed E-state index contributed by atoms with van der Waals surface area (Å²) in [7, 11) is 0. The molecule has 0 bridgehead atoms. The number of hydrogen-bond acceptors (Lipinski definition) is 3. The Morgan fingerprint density at radius 2 is 1.70 bits per heavy atom. The lowest BCUT2D eigenvalue weighted by Crippen LogP contribution is -2.50. The van der Waals surface area contributed by atoms with Crippen molar-refractivity contribution in [1.29, 1.82) is 0 Å². The number of anilines is 1. The molecule has 1 aromatic carbocycles. The summed E-state index contributed by atoms with van der Waals surface area (Å²) in [5.41, 5.74) is 5.29. The third kappa shape index (κ3) is 4.41. The van der Waals surface area contributed by atoms with E-state index in [-0.39, 0.29) is 11.7 Å². The van der Waals surface area contributed by atoms with Gasteiger partial charge in [0.05, 0.1) is 5.54 Å². The molecule has 0 saturated carbocycles. The average Bonchev–Trinajstić information content (AvgIpc) is 2.38. The van der Waals surface area contributed by atoms with Crippen LogP contribution in [0.2, 0.25) is 0 Å². The fourth-order valence-corrected chi connectivity index (χ4v) is 1.57. The molecule has 20 heavy (non-hydrogen) atoms. The molecule has 112 valence electrons. The minimum Gasteiger partial charge on any atom is -0.406 e. The molecule has 0 radical (unpaired) electrons. The molecule has 0 aliphatic carbocycles. The molecule has 0 spiro atoms. The van der Waals surface area contributed by atoms with Gasteiger partial charge in [-0.15, -0.1) is 13.2 Å². The van der Waals surface area contributed by atoms with Gasteiger partial charge in [-0.1, -0.05) is 13.8 Å². The number of ether oxygens (including phenoxy) is 1. The second-order valence-electron chi connectivity index (χ2n) is 4.39. The molecular weight excluding hydrogens is 273 g/mol. The fraction of sp³-hybridized carbons (Fsp3) is 0.462. The summed E-state index contributed by atoms with van der Waals surface area (Å²) in [5, 5.41) is 2.57. The van der Waals surface area contributed by atoms with Crippen LogP contribution in [0.25, 0.3) is 0 Å². The van der Waals surface area contributed by atoms with E-state index in [2.05, 4.69) is 10.1 Å². The van der Waals surface area contributed by atoms with Gasteiger partial charge in [0.15, 0.2) is 0 Å². The number of nitrogens with two attached hydrogens (primary N) is 1. The van der Waals surface area contributed by atoms with Crippen LogP contribution in [0.4, 0.5) is 18.9 Å². The number of nitrogens with one attached hydrogen (secondary N) is 1. The molecule has 3 N–H and O–H groups in total. The summed E-state index contributed by atoms with van der Waals surface area (Å²) in [4.78, 5) is 12.0. The lowest BCUT2D eigenvalue weighted by molar-refractivity contribution is -0.274. The Kier molecular flexibility index (Phi) is 4.99. The molecule has 0 aromatic heterocycles. The van der Waals surface area contributed by atoms with Gasteiger partial charge in [0, 0.05) is 5.69 Å². The minimum atomic E-state index is -4.73. The molecule has 1 aromatic rings. The number of alkyl halides is 3. The molecule has 1 amide bonds. The zero-order valence-corrected chi connectivity index (χ0v) is 11.3. The van der Waals surface area contributed by atoms with Crippen molar-refractivity contribution in [2.24, 2.45) is 5.73 Å². The number of carbonyl (C=O) groups excluding carboxylic acids is 1. The second-order valence-corrected chi connectivity index (χ2v) is 4.39. The van der Waals surface area contributed by atoms with Crippen molar-refractivity contribution < 1.29 is 22.7 Å². The van der Waals surface area contributed by atoms with Gasteiger partial charge in [-0.05, 0) is 37.1 Å². The molecule has 0 heterocycles. The first-order valence-electron chi connectivity index (χ1n) is 6.16. The maximum Gasteiger partial charge on any atom is 0.573 e. The van der Waals surface area contributed by atoms with Crippen LogP contribution in [0.3, 0.4) is 0 Å². The average molecular weight is 290 g/mol. The van der Waals surface area contributed by atoms with Crippen LogP contribution >= 0.6 is 0 Å². The fourth-order valence-electron chi connectivity index (χ4n) is 1.57. The molecule has 0 aliphatic heterocycles. The SMILES string of the molecule is CCC(N)(CC)C(=O)Nc1ccc(OC(F)(F)F)cc1. The molecule has 4 nitrogen and oxygen atoms in total. The van der Waals surface area contributed by atoms with E-state index in [9.17, 15) is 18.0 Å². The quantitative estimate of drug-likeness (QED) is 0.876. The van der Waals surface area contributed by atoms with E-state index in [4.69, 9.17) is 5.73 Å². The molecule has 0 unspecified atom stereocenters. The Bertz CT molecular complexity index is 454. The number of hydrogen-bond donors (Lipinski definition) is 2. The zero-order valence-electron chi connectivity index (χ0n) is 11.3. The van der Waals surface area contributed by atoms with Gasteiger partial charge in [-0.25, -0.2) is 0 Å². The van der Waals surface area contributed by atoms with Crippen molar-refractivity contribution in [2.45, 2.75) is 38.6 Å². The van der Waals surface area contributed by atoms with Gasteiger partial charge < -0.3 is 15.8 Å². The highest BCUT2D eigenvalue weighted by molar-refractivity contribution is 5.97. The first kappa shape index (κ1) is 16.3. The summed E-state index contributed by atoms with van der Waals surface area (Å²) < 4.78 is 39.7. The lowest BCUT2D eigenvalue weighted by Gasteiger charge is -2.25. The minimum absolute atomic E-state index is 0.347. The van der Waals surface area contributed by atoms with E-state index in [0.29, 0.717) is 18.5 Å². The Labute approximate surface area is 115 Å². The maximum absolute atomic E-state index is 12.0. The third-order valence-corrected chi connectivity index (χ3v) is 3.06. The molecule has 1 rings (SSSR count). The van der Waals surface area contributed by atoms with E-state index in [1.165, 1.54) is 12.1 Å². The van der Waals surface area contributed by atoms with Gasteiger partial charge in [0.25, 0.3) is 0 Å². The van der Waals surface area contributed by atoms with Crippen LogP contribution in [0, 0.1) is 0 Å². The molecule has 0 fully saturated rings. The third-order valence-electron chi connectivity index (χ3n) is 3.06. The summed E-state index contributed by atoms with van der Waals surface area (Å²) in [5.74, 6) is -0.715. The summed E-state index contributed by atoms with van der Waals surface area (Å²) >= 11 is 0. The first-order chi connectivity index (χ1) is 9.20. The van der Waals surface area contributed by atoms with Gasteiger partial charge in [-0.2, -0.15) is 0 Å². The van der Waals surface area contributed by atoms with E-state index in [0.717, 1.165) is 12.1 Å². The largest absolute Gasteiger partial charge is 0.573 e. The zero-order chi connectivity index (χ0) is 15.4. The van der Waals surface area contributed by atoms with Crippen LogP contribution in [-0.2, 0) is 4.79 Å². The van der Waals surface area contributed by atoms with Gasteiger partial charge in [0.2, 0.25) is 5.91 Å². The number of carbonyl (C=O) groups is 1. The summed E-state index contributed by atoms with van der Waals surface area (Å²) in [6.07, 6.45) is -3.81. The van der Waals surface area contributed by atoms with Crippen molar-refractivity contribution in [3.05, 3.63) is 24.3 Å². The van der Waals surface area contributed by atoms with Crippen molar-refractivity contribution in [3.8, 4) is 5.75 Å². The van der Waals surface area contributed by atoms with Crippen molar-refractivity contribution in [1.82, 2.24) is 0 Å². The van der Waals surface area contributed by atoms with Crippen LogP contribution in [0.5, 0.6) is 5.75 Å². The number of amides is 1. The molecular formula is C13H17F3N2O2. The second kappa shape index (κ2) is 6.13. The van der Waals surface area contributed by atoms with Crippen molar-refractivity contribution >= 4 is 11.6 Å². The molecule has 7 heteroatoms. The topological polar surface area (TPSA) is 64.4 Å². The van der Waals surface area contributed by atoms with Crippen LogP contribution < -0.4 is 15.8 Å². The Balaban J connectivity index is 2.73. The number of halogens is 3. The number of rotatable bonds is 5. The van der Waals surface area contributed by atoms with Gasteiger partial charge >= 0.3 is 6.36 Å². The van der Waals surface area contributed by atoms with E-state index >= 15 is 0 Å². The molecule has 0 saturated heterocycles. The molecule has 0 aliphatic rings. The van der Waals surface area contributed by atoms with Crippen LogP contribution in [0.15, 0.2) is 24.3 Å². The van der Waals surface area contributed by atoms with E-state index in [1.807, 2.05) is 0 Å². The molecule has 0 atom stereocenters. The highest BCUT2D eigenvalue weighted by Gasteiger charge is 2.31. The first-order valence-corrected chi connectivity index (χ1v) is 6.16. The van der Waals surface area contributed by atoms with E-state index in [1.54, 1.807) is 13.8 Å². The highest BCUT2D eigenvalue weighted by atomic mass is 19.4.